The molecule has 3 saturated heterocycles. The van der Waals surface area contributed by atoms with Crippen LogP contribution in [0.25, 0.3) is 0 Å². The number of carbonyl (C=O) groups is 1. The Balaban J connectivity index is 1.45. The Hall–Kier alpha value is -1.59. The van der Waals surface area contributed by atoms with Gasteiger partial charge >= 0.3 is 0 Å². The number of likely N-dealkylation sites (tertiary alicyclic amines) is 2. The van der Waals surface area contributed by atoms with Gasteiger partial charge in [-0.05, 0) is 69.8 Å². The second-order valence-corrected chi connectivity index (χ2v) is 8.83. The highest BCUT2D eigenvalue weighted by atomic mass is 16.3. The highest BCUT2D eigenvalue weighted by Crippen LogP contribution is 2.38. The van der Waals surface area contributed by atoms with E-state index in [1.54, 1.807) is 0 Å². The first kappa shape index (κ1) is 18.8. The fraction of sp³-hybridized carbons (Fsp3) is 0.682. The summed E-state index contributed by atoms with van der Waals surface area (Å²) in [7, 11) is 2.12. The van der Waals surface area contributed by atoms with Gasteiger partial charge in [0.1, 0.15) is 0 Å². The predicted molar refractivity (Wildman–Crippen MR) is 108 cm³/mol. The lowest BCUT2D eigenvalue weighted by molar-refractivity contribution is -0.0731. The van der Waals surface area contributed by atoms with Crippen LogP contribution in [-0.2, 0) is 0 Å². The molecule has 0 bridgehead atoms. The molecule has 3 aliphatic rings. The van der Waals surface area contributed by atoms with E-state index in [1.165, 1.54) is 24.9 Å². The molecule has 3 fully saturated rings. The van der Waals surface area contributed by atoms with Gasteiger partial charge in [-0.25, -0.2) is 0 Å². The number of hydrogen-bond acceptors (Lipinski definition) is 4. The van der Waals surface area contributed by atoms with Crippen molar-refractivity contribution in [2.75, 3.05) is 51.2 Å². The van der Waals surface area contributed by atoms with Crippen molar-refractivity contribution in [1.82, 2.24) is 9.80 Å². The molecule has 1 amide bonds. The third-order valence-corrected chi connectivity index (χ3v) is 6.81. The number of amides is 1. The quantitative estimate of drug-likeness (QED) is 0.868. The lowest BCUT2D eigenvalue weighted by Crippen LogP contribution is -2.59. The molecule has 3 aliphatic heterocycles. The summed E-state index contributed by atoms with van der Waals surface area (Å²) in [4.78, 5) is 19.8. The van der Waals surface area contributed by atoms with Crippen LogP contribution in [-0.4, -0.2) is 73.2 Å². The van der Waals surface area contributed by atoms with Gasteiger partial charge in [0.25, 0.3) is 5.91 Å². The molecule has 1 N–H and O–H groups in total. The number of aliphatic hydroxyl groups excluding tert-OH is 1. The van der Waals surface area contributed by atoms with Gasteiger partial charge in [-0.15, -0.1) is 0 Å². The number of aliphatic hydroxyl groups is 1. The van der Waals surface area contributed by atoms with E-state index in [4.69, 9.17) is 0 Å². The zero-order valence-electron chi connectivity index (χ0n) is 16.6. The van der Waals surface area contributed by atoms with Crippen LogP contribution < -0.4 is 4.90 Å². The molecule has 1 aromatic rings. The van der Waals surface area contributed by atoms with Crippen molar-refractivity contribution < 1.29 is 9.90 Å². The fourth-order valence-corrected chi connectivity index (χ4v) is 5.25. The lowest BCUT2D eigenvalue weighted by Gasteiger charge is -2.50. The minimum atomic E-state index is -0.300. The zero-order valence-corrected chi connectivity index (χ0v) is 16.6. The van der Waals surface area contributed by atoms with Gasteiger partial charge in [0.2, 0.25) is 0 Å². The van der Waals surface area contributed by atoms with Crippen LogP contribution in [0.5, 0.6) is 0 Å². The number of hydrogen-bond donors (Lipinski definition) is 1. The van der Waals surface area contributed by atoms with Gasteiger partial charge in [0, 0.05) is 55.9 Å². The number of carbonyl (C=O) groups excluding carboxylic acids is 1. The van der Waals surface area contributed by atoms with Gasteiger partial charge in [0.05, 0.1) is 6.10 Å². The molecule has 5 nitrogen and oxygen atoms in total. The Labute approximate surface area is 162 Å². The molecule has 2 atom stereocenters. The standard InChI is InChI=1S/C22H33N3O2/c1-23-15-10-20(26)22(16-23)11-5-14-25(17-22)21(27)18-6-8-19(9-7-18)24-12-3-2-4-13-24/h6-9,20,26H,2-5,10-17H2,1H3/t20-,22-/m0/s1. The largest absolute Gasteiger partial charge is 0.392 e. The first-order chi connectivity index (χ1) is 13.1. The summed E-state index contributed by atoms with van der Waals surface area (Å²) in [5.74, 6) is 0.111. The highest BCUT2D eigenvalue weighted by molar-refractivity contribution is 5.94. The van der Waals surface area contributed by atoms with E-state index in [0.29, 0.717) is 6.54 Å². The van der Waals surface area contributed by atoms with Crippen molar-refractivity contribution in [3.05, 3.63) is 29.8 Å². The fourth-order valence-electron chi connectivity index (χ4n) is 5.25. The average Bonchev–Trinajstić information content (AvgIpc) is 2.71. The zero-order chi connectivity index (χ0) is 18.9. The first-order valence-electron chi connectivity index (χ1n) is 10.6. The summed E-state index contributed by atoms with van der Waals surface area (Å²) >= 11 is 0. The van der Waals surface area contributed by atoms with Crippen LogP contribution in [0, 0.1) is 5.41 Å². The molecule has 0 saturated carbocycles. The van der Waals surface area contributed by atoms with Crippen LogP contribution in [0.1, 0.15) is 48.9 Å². The minimum absolute atomic E-state index is 0.111. The van der Waals surface area contributed by atoms with Crippen molar-refractivity contribution in [2.45, 2.75) is 44.6 Å². The van der Waals surface area contributed by atoms with Crippen LogP contribution in [0.2, 0.25) is 0 Å². The molecule has 0 unspecified atom stereocenters. The van der Waals surface area contributed by atoms with Crippen molar-refractivity contribution in [1.29, 1.82) is 0 Å². The Morgan fingerprint density at radius 2 is 1.74 bits per heavy atom. The van der Waals surface area contributed by atoms with Crippen molar-refractivity contribution in [3.63, 3.8) is 0 Å². The van der Waals surface area contributed by atoms with Crippen molar-refractivity contribution in [2.24, 2.45) is 5.41 Å². The molecule has 148 valence electrons. The van der Waals surface area contributed by atoms with Crippen LogP contribution in [0.15, 0.2) is 24.3 Å². The molecule has 0 aromatic heterocycles. The van der Waals surface area contributed by atoms with Crippen molar-refractivity contribution in [3.8, 4) is 0 Å². The summed E-state index contributed by atoms with van der Waals surface area (Å²) in [6, 6.07) is 8.16. The SMILES string of the molecule is CN1CC[C@H](O)[C@@]2(CCCN(C(=O)c3ccc(N4CCCCC4)cc3)C2)C1. The summed E-state index contributed by atoms with van der Waals surface area (Å²) in [5.41, 5.74) is 1.84. The summed E-state index contributed by atoms with van der Waals surface area (Å²) < 4.78 is 0. The van der Waals surface area contributed by atoms with E-state index in [1.807, 2.05) is 17.0 Å². The molecular weight excluding hydrogens is 338 g/mol. The Kier molecular flexibility index (Phi) is 5.42. The molecule has 1 aromatic carbocycles. The maximum Gasteiger partial charge on any atom is 0.253 e. The minimum Gasteiger partial charge on any atom is -0.392 e. The van der Waals surface area contributed by atoms with Gasteiger partial charge in [-0.3, -0.25) is 4.79 Å². The second kappa shape index (κ2) is 7.80. The van der Waals surface area contributed by atoms with Crippen LogP contribution in [0.3, 0.4) is 0 Å². The number of nitrogens with zero attached hydrogens (tertiary/aromatic N) is 3. The normalized spacial score (nSPS) is 29.9. The lowest BCUT2D eigenvalue weighted by atomic mass is 9.71. The molecule has 1 spiro atoms. The van der Waals surface area contributed by atoms with E-state index in [2.05, 4.69) is 29.0 Å². The summed E-state index contributed by atoms with van der Waals surface area (Å²) in [5, 5.41) is 10.7. The van der Waals surface area contributed by atoms with E-state index < -0.39 is 0 Å². The van der Waals surface area contributed by atoms with E-state index in [-0.39, 0.29) is 17.4 Å². The van der Waals surface area contributed by atoms with Gasteiger partial charge < -0.3 is 19.8 Å². The smallest absolute Gasteiger partial charge is 0.253 e. The third kappa shape index (κ3) is 3.85. The van der Waals surface area contributed by atoms with Crippen LogP contribution >= 0.6 is 0 Å². The van der Waals surface area contributed by atoms with E-state index in [9.17, 15) is 9.90 Å². The second-order valence-electron chi connectivity index (χ2n) is 8.83. The highest BCUT2D eigenvalue weighted by Gasteiger charge is 2.45. The van der Waals surface area contributed by atoms with E-state index >= 15 is 0 Å². The number of piperidine rings is 3. The topological polar surface area (TPSA) is 47.0 Å². The maximum absolute atomic E-state index is 13.1. The third-order valence-electron chi connectivity index (χ3n) is 6.81. The summed E-state index contributed by atoms with van der Waals surface area (Å²) in [6.45, 7) is 5.53. The van der Waals surface area contributed by atoms with Gasteiger partial charge in [-0.2, -0.15) is 0 Å². The number of benzene rings is 1. The molecule has 0 aliphatic carbocycles. The monoisotopic (exact) mass is 371 g/mol. The summed E-state index contributed by atoms with van der Waals surface area (Å²) in [6.07, 6.45) is 6.33. The molecule has 0 radical (unpaired) electrons. The Bertz CT molecular complexity index is 656. The van der Waals surface area contributed by atoms with E-state index in [0.717, 1.165) is 57.5 Å². The average molecular weight is 372 g/mol. The number of rotatable bonds is 2. The molecule has 3 heterocycles. The molecular formula is C22H33N3O2. The maximum atomic E-state index is 13.1. The van der Waals surface area contributed by atoms with Gasteiger partial charge in [-0.1, -0.05) is 0 Å². The predicted octanol–water partition coefficient (Wildman–Crippen LogP) is 2.60. The molecule has 4 rings (SSSR count). The van der Waals surface area contributed by atoms with Gasteiger partial charge in [0.15, 0.2) is 0 Å². The van der Waals surface area contributed by atoms with Crippen molar-refractivity contribution >= 4 is 11.6 Å². The Morgan fingerprint density at radius 3 is 2.48 bits per heavy atom. The first-order valence-corrected chi connectivity index (χ1v) is 10.6. The molecule has 5 heteroatoms. The van der Waals surface area contributed by atoms with Crippen LogP contribution in [0.4, 0.5) is 5.69 Å². The molecule has 27 heavy (non-hydrogen) atoms. The Morgan fingerprint density at radius 1 is 1.00 bits per heavy atom. The number of anilines is 1.